The lowest BCUT2D eigenvalue weighted by Crippen LogP contribution is -2.52. The maximum atomic E-state index is 13.6. The number of carbonyl (C=O) groups excluding carboxylic acids is 4. The third-order valence-electron chi connectivity index (χ3n) is 5.08. The summed E-state index contributed by atoms with van der Waals surface area (Å²) in [7, 11) is 1.54. The number of thioether (sulfide) groups is 1. The number of amides is 3. The summed E-state index contributed by atoms with van der Waals surface area (Å²) < 4.78 is 10.3. The van der Waals surface area contributed by atoms with Crippen LogP contribution in [0.3, 0.4) is 0 Å². The number of aryl methyl sites for hydroxylation is 2. The number of rotatable bonds is 12. The van der Waals surface area contributed by atoms with E-state index in [1.54, 1.807) is 46.5 Å². The molecule has 0 bridgehead atoms. The molecule has 0 aromatic heterocycles. The van der Waals surface area contributed by atoms with Crippen LogP contribution in [0, 0.1) is 13.8 Å². The number of likely N-dealkylation sites (N-methyl/N-ethyl adjacent to an activating group) is 1. The van der Waals surface area contributed by atoms with Crippen molar-refractivity contribution in [3.63, 3.8) is 0 Å². The minimum absolute atomic E-state index is 0.0212. The summed E-state index contributed by atoms with van der Waals surface area (Å²) in [5.74, 6) is -0.635. The molecule has 1 aromatic carbocycles. The van der Waals surface area contributed by atoms with Crippen LogP contribution in [-0.2, 0) is 23.9 Å². The van der Waals surface area contributed by atoms with Crippen LogP contribution in [-0.4, -0.2) is 72.6 Å². The molecule has 10 heteroatoms. The highest BCUT2D eigenvalue weighted by molar-refractivity contribution is 7.98. The van der Waals surface area contributed by atoms with Crippen molar-refractivity contribution in [1.82, 2.24) is 15.5 Å². The molecule has 36 heavy (non-hydrogen) atoms. The fourth-order valence-electron chi connectivity index (χ4n) is 3.65. The Kier molecular flexibility index (Phi) is 12.8. The molecular formula is C26H41N3O6S. The second kappa shape index (κ2) is 14.7. The number of benzene rings is 1. The van der Waals surface area contributed by atoms with Gasteiger partial charge in [0.1, 0.15) is 17.7 Å². The second-order valence-electron chi connectivity index (χ2n) is 9.60. The van der Waals surface area contributed by atoms with Crippen LogP contribution in [0.1, 0.15) is 63.3 Å². The molecule has 0 spiro atoms. The molecule has 0 aliphatic carbocycles. The standard InChI is InChI=1S/C26H41N3O6S/c1-9-34-21(30)10-12-27-23(31)22(19-15-17(2)14-18(3)16-19)29(7)24(32)20(11-13-36-8)28-25(33)35-26(4,5)6/h14-16,20,22H,9-13H2,1-8H3,(H,27,31)(H,28,33). The number of hydrogen-bond acceptors (Lipinski definition) is 7. The van der Waals surface area contributed by atoms with E-state index >= 15 is 0 Å². The summed E-state index contributed by atoms with van der Waals surface area (Å²) >= 11 is 1.55. The topological polar surface area (TPSA) is 114 Å². The normalized spacial score (nSPS) is 12.8. The molecule has 2 unspecified atom stereocenters. The number of carbonyl (C=O) groups is 4. The smallest absolute Gasteiger partial charge is 0.408 e. The molecule has 2 atom stereocenters. The van der Waals surface area contributed by atoms with Crippen LogP contribution in [0.5, 0.6) is 0 Å². The van der Waals surface area contributed by atoms with Crippen molar-refractivity contribution in [3.05, 3.63) is 34.9 Å². The van der Waals surface area contributed by atoms with Gasteiger partial charge in [0.05, 0.1) is 13.0 Å². The average molecular weight is 524 g/mol. The van der Waals surface area contributed by atoms with Crippen molar-refractivity contribution in [2.75, 3.05) is 32.2 Å². The van der Waals surface area contributed by atoms with Gasteiger partial charge < -0.3 is 25.0 Å². The summed E-state index contributed by atoms with van der Waals surface area (Å²) in [4.78, 5) is 52.4. The van der Waals surface area contributed by atoms with Gasteiger partial charge in [-0.3, -0.25) is 14.4 Å². The number of alkyl carbamates (subject to hydrolysis) is 1. The van der Waals surface area contributed by atoms with Gasteiger partial charge in [0.2, 0.25) is 11.8 Å². The molecule has 3 amide bonds. The minimum atomic E-state index is -0.962. The zero-order chi connectivity index (χ0) is 27.5. The predicted octanol–water partition coefficient (Wildman–Crippen LogP) is 3.52. The quantitative estimate of drug-likeness (QED) is 0.403. The summed E-state index contributed by atoms with van der Waals surface area (Å²) in [6, 6.07) is 3.84. The van der Waals surface area contributed by atoms with Crippen LogP contribution >= 0.6 is 11.8 Å². The summed E-state index contributed by atoms with van der Waals surface area (Å²) in [6.45, 7) is 11.1. The Morgan fingerprint density at radius 2 is 1.69 bits per heavy atom. The van der Waals surface area contributed by atoms with Gasteiger partial charge in [-0.15, -0.1) is 0 Å². The van der Waals surface area contributed by atoms with E-state index in [4.69, 9.17) is 9.47 Å². The van der Waals surface area contributed by atoms with Crippen molar-refractivity contribution >= 4 is 35.6 Å². The van der Waals surface area contributed by atoms with Gasteiger partial charge in [-0.25, -0.2) is 4.79 Å². The third-order valence-corrected chi connectivity index (χ3v) is 5.72. The van der Waals surface area contributed by atoms with Gasteiger partial charge in [0.15, 0.2) is 0 Å². The molecule has 0 aliphatic heterocycles. The first-order valence-corrected chi connectivity index (χ1v) is 13.4. The van der Waals surface area contributed by atoms with E-state index in [0.29, 0.717) is 17.7 Å². The van der Waals surface area contributed by atoms with Crippen molar-refractivity contribution in [3.8, 4) is 0 Å². The van der Waals surface area contributed by atoms with Crippen LogP contribution in [0.25, 0.3) is 0 Å². The fraction of sp³-hybridized carbons (Fsp3) is 0.615. The van der Waals surface area contributed by atoms with E-state index in [9.17, 15) is 19.2 Å². The van der Waals surface area contributed by atoms with Gasteiger partial charge >= 0.3 is 12.1 Å². The molecule has 0 fully saturated rings. The number of esters is 1. The molecule has 202 valence electrons. The first-order chi connectivity index (χ1) is 16.8. The molecule has 1 aromatic rings. The molecule has 0 saturated carbocycles. The number of nitrogens with zero attached hydrogens (tertiary/aromatic N) is 1. The number of hydrogen-bond donors (Lipinski definition) is 2. The Morgan fingerprint density at radius 1 is 1.08 bits per heavy atom. The van der Waals surface area contributed by atoms with Crippen molar-refractivity contribution in [2.45, 2.75) is 72.1 Å². The first kappa shape index (κ1) is 31.3. The van der Waals surface area contributed by atoms with Gasteiger partial charge in [0.25, 0.3) is 0 Å². The Hall–Kier alpha value is -2.75. The third kappa shape index (κ3) is 10.9. The van der Waals surface area contributed by atoms with E-state index in [2.05, 4.69) is 10.6 Å². The van der Waals surface area contributed by atoms with Gasteiger partial charge in [-0.2, -0.15) is 11.8 Å². The number of nitrogens with one attached hydrogen (secondary N) is 2. The maximum Gasteiger partial charge on any atom is 0.408 e. The second-order valence-corrected chi connectivity index (χ2v) is 10.6. The molecule has 0 heterocycles. The molecular weight excluding hydrogens is 482 g/mol. The zero-order valence-corrected chi connectivity index (χ0v) is 23.5. The van der Waals surface area contributed by atoms with Crippen molar-refractivity contribution in [2.24, 2.45) is 0 Å². The highest BCUT2D eigenvalue weighted by Gasteiger charge is 2.34. The molecule has 1 rings (SSSR count). The van der Waals surface area contributed by atoms with Crippen LogP contribution in [0.2, 0.25) is 0 Å². The molecule has 0 saturated heterocycles. The van der Waals surface area contributed by atoms with Gasteiger partial charge in [0, 0.05) is 13.6 Å². The lowest BCUT2D eigenvalue weighted by Gasteiger charge is -2.32. The average Bonchev–Trinajstić information content (AvgIpc) is 2.74. The lowest BCUT2D eigenvalue weighted by molar-refractivity contribution is -0.143. The highest BCUT2D eigenvalue weighted by Crippen LogP contribution is 2.24. The van der Waals surface area contributed by atoms with Crippen LogP contribution in [0.15, 0.2) is 18.2 Å². The highest BCUT2D eigenvalue weighted by atomic mass is 32.2. The molecule has 2 N–H and O–H groups in total. The first-order valence-electron chi connectivity index (χ1n) is 12.1. The van der Waals surface area contributed by atoms with Crippen molar-refractivity contribution < 1.29 is 28.7 Å². The Bertz CT molecular complexity index is 895. The predicted molar refractivity (Wildman–Crippen MR) is 142 cm³/mol. The van der Waals surface area contributed by atoms with E-state index < -0.39 is 41.6 Å². The van der Waals surface area contributed by atoms with E-state index in [0.717, 1.165) is 11.1 Å². The zero-order valence-electron chi connectivity index (χ0n) is 22.7. The van der Waals surface area contributed by atoms with E-state index in [1.807, 2.05) is 38.3 Å². The monoisotopic (exact) mass is 523 g/mol. The molecule has 9 nitrogen and oxygen atoms in total. The van der Waals surface area contributed by atoms with E-state index in [1.165, 1.54) is 4.90 Å². The van der Waals surface area contributed by atoms with Crippen LogP contribution in [0.4, 0.5) is 4.79 Å². The SMILES string of the molecule is CCOC(=O)CCNC(=O)C(c1cc(C)cc(C)c1)N(C)C(=O)C(CCSC)NC(=O)OC(C)(C)C. The Morgan fingerprint density at radius 3 is 2.22 bits per heavy atom. The summed E-state index contributed by atoms with van der Waals surface area (Å²) in [6.07, 6.45) is 1.60. The molecule has 0 radical (unpaired) electrons. The van der Waals surface area contributed by atoms with Gasteiger partial charge in [-0.05, 0) is 65.5 Å². The fourth-order valence-corrected chi connectivity index (χ4v) is 4.12. The van der Waals surface area contributed by atoms with Gasteiger partial charge in [-0.1, -0.05) is 29.3 Å². The van der Waals surface area contributed by atoms with E-state index in [-0.39, 0.29) is 19.6 Å². The van der Waals surface area contributed by atoms with Crippen LogP contribution < -0.4 is 10.6 Å². The Labute approximate surface area is 219 Å². The number of ether oxygens (including phenoxy) is 2. The largest absolute Gasteiger partial charge is 0.466 e. The van der Waals surface area contributed by atoms with Crippen molar-refractivity contribution in [1.29, 1.82) is 0 Å². The Balaban J connectivity index is 3.22. The molecule has 0 aliphatic rings. The summed E-state index contributed by atoms with van der Waals surface area (Å²) in [5, 5.41) is 5.42. The summed E-state index contributed by atoms with van der Waals surface area (Å²) in [5.41, 5.74) is 1.81. The lowest BCUT2D eigenvalue weighted by atomic mass is 9.98. The maximum absolute atomic E-state index is 13.6. The minimum Gasteiger partial charge on any atom is -0.466 e.